The fourth-order valence-corrected chi connectivity index (χ4v) is 2.83. The predicted octanol–water partition coefficient (Wildman–Crippen LogP) is 3.88. The Kier molecular flexibility index (Phi) is 6.12. The molecule has 2 rings (SSSR count). The van der Waals surface area contributed by atoms with Crippen LogP contribution in [0.25, 0.3) is 0 Å². The third-order valence-corrected chi connectivity index (χ3v) is 4.20. The van der Waals surface area contributed by atoms with E-state index >= 15 is 0 Å². The summed E-state index contributed by atoms with van der Waals surface area (Å²) in [4.78, 5) is 2.53. The van der Waals surface area contributed by atoms with Gasteiger partial charge in [0.05, 0.1) is 0 Å². The van der Waals surface area contributed by atoms with Gasteiger partial charge >= 0.3 is 0 Å². The van der Waals surface area contributed by atoms with Gasteiger partial charge in [-0.25, -0.2) is 8.78 Å². The van der Waals surface area contributed by atoms with E-state index in [0.29, 0.717) is 5.56 Å². The van der Waals surface area contributed by atoms with Gasteiger partial charge in [-0.1, -0.05) is 13.3 Å². The number of nitrogens with one attached hydrogen (secondary N) is 1. The van der Waals surface area contributed by atoms with E-state index in [1.54, 1.807) is 0 Å². The van der Waals surface area contributed by atoms with E-state index < -0.39 is 11.6 Å². The molecule has 1 aliphatic rings. The molecule has 1 fully saturated rings. The molecule has 0 aromatic heterocycles. The van der Waals surface area contributed by atoms with Gasteiger partial charge in [0.25, 0.3) is 0 Å². The molecule has 1 atom stereocenters. The number of unbranched alkanes of at least 4 members (excludes halogenated alkanes) is 1. The van der Waals surface area contributed by atoms with Gasteiger partial charge in [0.2, 0.25) is 0 Å². The van der Waals surface area contributed by atoms with Crippen molar-refractivity contribution in [2.24, 2.45) is 0 Å². The number of hydrogen-bond acceptors (Lipinski definition) is 2. The minimum absolute atomic E-state index is 0.00178. The molecular weight excluding hydrogens is 270 g/mol. The van der Waals surface area contributed by atoms with Crippen LogP contribution in [0.3, 0.4) is 0 Å². The van der Waals surface area contributed by atoms with E-state index in [-0.39, 0.29) is 6.04 Å². The molecule has 1 N–H and O–H groups in total. The third-order valence-electron chi connectivity index (χ3n) is 4.20. The van der Waals surface area contributed by atoms with Gasteiger partial charge in [0.15, 0.2) is 0 Å². The highest BCUT2D eigenvalue weighted by atomic mass is 19.1. The molecule has 4 heteroatoms. The molecule has 0 heterocycles. The van der Waals surface area contributed by atoms with Crippen LogP contribution in [0.1, 0.15) is 50.6 Å². The molecule has 0 aliphatic heterocycles. The Hall–Kier alpha value is -1.00. The van der Waals surface area contributed by atoms with E-state index in [2.05, 4.69) is 17.1 Å². The van der Waals surface area contributed by atoms with Crippen molar-refractivity contribution in [3.63, 3.8) is 0 Å². The third kappa shape index (κ3) is 5.04. The number of nitrogens with zero attached hydrogens (tertiary/aromatic N) is 1. The summed E-state index contributed by atoms with van der Waals surface area (Å²) >= 11 is 0. The Morgan fingerprint density at radius 2 is 1.86 bits per heavy atom. The monoisotopic (exact) mass is 296 g/mol. The summed E-state index contributed by atoms with van der Waals surface area (Å²) in [5.74, 6) is -1.01. The second-order valence-electron chi connectivity index (χ2n) is 5.95. The van der Waals surface area contributed by atoms with Gasteiger partial charge in [0, 0.05) is 24.7 Å². The maximum absolute atomic E-state index is 13.4. The topological polar surface area (TPSA) is 15.3 Å². The summed E-state index contributed by atoms with van der Waals surface area (Å²) in [5, 5.41) is 3.18. The maximum atomic E-state index is 13.4. The zero-order chi connectivity index (χ0) is 15.2. The summed E-state index contributed by atoms with van der Waals surface area (Å²) in [7, 11) is 1.85. The minimum atomic E-state index is -0.504. The number of hydrogen-bond donors (Lipinski definition) is 1. The van der Waals surface area contributed by atoms with Gasteiger partial charge in [0.1, 0.15) is 11.6 Å². The lowest BCUT2D eigenvalue weighted by molar-refractivity contribution is 0.245. The fraction of sp³-hybridized carbons (Fsp3) is 0.647. The highest BCUT2D eigenvalue weighted by Crippen LogP contribution is 2.28. The highest BCUT2D eigenvalue weighted by molar-refractivity contribution is 5.21. The molecule has 0 amide bonds. The lowest BCUT2D eigenvalue weighted by Crippen LogP contribution is -2.31. The predicted molar refractivity (Wildman–Crippen MR) is 82.3 cm³/mol. The van der Waals surface area contributed by atoms with Crippen molar-refractivity contribution in [1.29, 1.82) is 0 Å². The molecule has 0 radical (unpaired) electrons. The van der Waals surface area contributed by atoms with Crippen molar-refractivity contribution >= 4 is 0 Å². The molecule has 0 bridgehead atoms. The average molecular weight is 296 g/mol. The van der Waals surface area contributed by atoms with Crippen molar-refractivity contribution in [3.8, 4) is 0 Å². The van der Waals surface area contributed by atoms with Crippen LogP contribution in [0, 0.1) is 11.6 Å². The molecule has 1 unspecified atom stereocenters. The molecule has 1 aromatic rings. The molecule has 1 saturated carbocycles. The summed E-state index contributed by atoms with van der Waals surface area (Å²) < 4.78 is 26.7. The summed E-state index contributed by atoms with van der Waals surface area (Å²) in [6, 6.07) is 4.51. The normalized spacial score (nSPS) is 16.4. The summed E-state index contributed by atoms with van der Waals surface area (Å²) in [6.07, 6.45) is 5.88. The summed E-state index contributed by atoms with van der Waals surface area (Å²) in [6.45, 7) is 4.32. The number of benzene rings is 1. The second kappa shape index (κ2) is 7.85. The van der Waals surface area contributed by atoms with Crippen LogP contribution in [-0.4, -0.2) is 31.1 Å². The molecule has 0 saturated heterocycles. The first kappa shape index (κ1) is 16.4. The molecule has 1 aliphatic carbocycles. The van der Waals surface area contributed by atoms with Crippen LogP contribution in [0.4, 0.5) is 8.78 Å². The smallest absolute Gasteiger partial charge is 0.126 e. The first-order valence-electron chi connectivity index (χ1n) is 8.01. The van der Waals surface area contributed by atoms with Crippen LogP contribution in [0.15, 0.2) is 18.2 Å². The van der Waals surface area contributed by atoms with E-state index in [0.717, 1.165) is 31.6 Å². The maximum Gasteiger partial charge on any atom is 0.126 e. The lowest BCUT2D eigenvalue weighted by atomic mass is 10.0. The Morgan fingerprint density at radius 3 is 2.38 bits per heavy atom. The van der Waals surface area contributed by atoms with Crippen LogP contribution < -0.4 is 5.32 Å². The Bertz CT molecular complexity index is 426. The van der Waals surface area contributed by atoms with Crippen LogP contribution >= 0.6 is 0 Å². The first-order chi connectivity index (χ1) is 10.1. The molecule has 21 heavy (non-hydrogen) atoms. The second-order valence-corrected chi connectivity index (χ2v) is 5.95. The van der Waals surface area contributed by atoms with Gasteiger partial charge < -0.3 is 10.2 Å². The molecule has 118 valence electrons. The van der Waals surface area contributed by atoms with Crippen molar-refractivity contribution in [3.05, 3.63) is 35.4 Å². The zero-order valence-corrected chi connectivity index (χ0v) is 13.0. The molecule has 0 spiro atoms. The lowest BCUT2D eigenvalue weighted by Gasteiger charge is -2.25. The van der Waals surface area contributed by atoms with Gasteiger partial charge in [-0.15, -0.1) is 0 Å². The Labute approximate surface area is 126 Å². The van der Waals surface area contributed by atoms with Crippen LogP contribution in [-0.2, 0) is 0 Å². The van der Waals surface area contributed by atoms with Crippen molar-refractivity contribution in [2.45, 2.75) is 51.1 Å². The van der Waals surface area contributed by atoms with Gasteiger partial charge in [-0.2, -0.15) is 0 Å². The average Bonchev–Trinajstić information content (AvgIpc) is 3.26. The van der Waals surface area contributed by atoms with Gasteiger partial charge in [-0.3, -0.25) is 0 Å². The van der Waals surface area contributed by atoms with Crippen molar-refractivity contribution < 1.29 is 8.78 Å². The van der Waals surface area contributed by atoms with E-state index in [4.69, 9.17) is 0 Å². The van der Waals surface area contributed by atoms with E-state index in [1.165, 1.54) is 37.8 Å². The Morgan fingerprint density at radius 1 is 1.19 bits per heavy atom. The van der Waals surface area contributed by atoms with Crippen molar-refractivity contribution in [1.82, 2.24) is 10.2 Å². The molecule has 2 nitrogen and oxygen atoms in total. The molecule has 1 aromatic carbocycles. The largest absolute Gasteiger partial charge is 0.313 e. The van der Waals surface area contributed by atoms with E-state index in [9.17, 15) is 8.78 Å². The number of rotatable bonds is 9. The zero-order valence-electron chi connectivity index (χ0n) is 13.0. The summed E-state index contributed by atoms with van der Waals surface area (Å²) in [5.41, 5.74) is 0.696. The quantitative estimate of drug-likeness (QED) is 0.744. The Balaban J connectivity index is 1.94. The molecular formula is C17H26F2N2. The van der Waals surface area contributed by atoms with Crippen LogP contribution in [0.5, 0.6) is 0 Å². The number of halogens is 2. The van der Waals surface area contributed by atoms with Crippen LogP contribution in [0.2, 0.25) is 0 Å². The SMILES string of the molecule is CCCCN(CCC(NC)c1cc(F)cc(F)c1)C1CC1. The standard InChI is InChI=1S/C17H26F2N2/c1-3-4-8-21(16-5-6-16)9-7-17(20-2)13-10-14(18)12-15(19)11-13/h10-12,16-17,20H,3-9H2,1-2H3. The van der Waals surface area contributed by atoms with Gasteiger partial charge in [-0.05, 0) is 57.0 Å². The van der Waals surface area contributed by atoms with E-state index in [1.807, 2.05) is 7.05 Å². The van der Waals surface area contributed by atoms with Crippen molar-refractivity contribution in [2.75, 3.05) is 20.1 Å². The highest BCUT2D eigenvalue weighted by Gasteiger charge is 2.28. The minimum Gasteiger partial charge on any atom is -0.313 e. The fourth-order valence-electron chi connectivity index (χ4n) is 2.83. The first-order valence-corrected chi connectivity index (χ1v) is 8.01.